The topological polar surface area (TPSA) is 35.5 Å². The Bertz CT molecular complexity index is 214. The first-order chi connectivity index (χ1) is 6.57. The van der Waals surface area contributed by atoms with Crippen LogP contribution in [0.15, 0.2) is 24.8 Å². The molecule has 0 saturated heterocycles. The first kappa shape index (κ1) is 12.8. The van der Waals surface area contributed by atoms with Gasteiger partial charge in [0.05, 0.1) is 18.8 Å². The molecule has 0 unspecified atom stereocenters. The van der Waals surface area contributed by atoms with Crippen LogP contribution in [0.2, 0.25) is 0 Å². The van der Waals surface area contributed by atoms with Crippen molar-refractivity contribution in [2.24, 2.45) is 0 Å². The monoisotopic (exact) mass is 206 g/mol. The van der Waals surface area contributed by atoms with E-state index in [0.717, 1.165) is 0 Å². The molecule has 0 atom stereocenters. The largest absolute Gasteiger partial charge is 0.456 e. The van der Waals surface area contributed by atoms with Gasteiger partial charge in [-0.05, 0) is 0 Å². The molecule has 0 heterocycles. The second-order valence-electron chi connectivity index (χ2n) is 2.40. The molecule has 0 radical (unpaired) electrons. The van der Waals surface area contributed by atoms with E-state index in [-0.39, 0.29) is 18.8 Å². The van der Waals surface area contributed by atoms with Gasteiger partial charge in [-0.2, -0.15) is 0 Å². The molecular weight excluding hydrogens is 194 g/mol. The average Bonchev–Trinajstić information content (AvgIpc) is 2.14. The van der Waals surface area contributed by atoms with Gasteiger partial charge in [0, 0.05) is 0 Å². The molecule has 0 aliphatic rings. The van der Waals surface area contributed by atoms with Crippen LogP contribution in [0.1, 0.15) is 0 Å². The van der Waals surface area contributed by atoms with E-state index >= 15 is 0 Å². The lowest BCUT2D eigenvalue weighted by atomic mass is 10.3. The summed E-state index contributed by atoms with van der Waals surface area (Å²) >= 11 is 0. The minimum absolute atomic E-state index is 0.00694. The van der Waals surface area contributed by atoms with Crippen molar-refractivity contribution in [1.29, 1.82) is 0 Å². The smallest absolute Gasteiger partial charge is 0.335 e. The van der Waals surface area contributed by atoms with Crippen molar-refractivity contribution in [2.45, 2.75) is 6.43 Å². The van der Waals surface area contributed by atoms with Gasteiger partial charge < -0.3 is 9.47 Å². The van der Waals surface area contributed by atoms with Crippen LogP contribution in [-0.4, -0.2) is 32.2 Å². The third-order valence-corrected chi connectivity index (χ3v) is 1.14. The average molecular weight is 206 g/mol. The number of hydrogen-bond donors (Lipinski definition) is 0. The van der Waals surface area contributed by atoms with E-state index in [1.54, 1.807) is 0 Å². The Balaban J connectivity index is 3.65. The van der Waals surface area contributed by atoms with Crippen molar-refractivity contribution >= 4 is 5.97 Å². The quantitative estimate of drug-likeness (QED) is 0.274. The summed E-state index contributed by atoms with van der Waals surface area (Å²) in [5.74, 6) is -0.866. The molecule has 0 aromatic heterocycles. The van der Waals surface area contributed by atoms with Crippen LogP contribution in [0.5, 0.6) is 0 Å². The maximum Gasteiger partial charge on any atom is 0.335 e. The summed E-state index contributed by atoms with van der Waals surface area (Å²) in [4.78, 5) is 10.9. The Hall–Kier alpha value is -1.23. The zero-order valence-corrected chi connectivity index (χ0v) is 7.67. The Morgan fingerprint density at radius 1 is 1.50 bits per heavy atom. The van der Waals surface area contributed by atoms with Gasteiger partial charge >= 0.3 is 5.97 Å². The number of ether oxygens (including phenoxy) is 2. The molecule has 5 heteroatoms. The lowest BCUT2D eigenvalue weighted by Crippen LogP contribution is -2.15. The van der Waals surface area contributed by atoms with E-state index in [2.05, 4.69) is 17.9 Å². The predicted octanol–water partition coefficient (Wildman–Crippen LogP) is 1.55. The summed E-state index contributed by atoms with van der Waals surface area (Å²) in [5.41, 5.74) is 0.00694. The number of carbonyl (C=O) groups excluding carboxylic acids is 1. The fraction of sp³-hybridized carbons (Fsp3) is 0.444. The molecule has 0 saturated carbocycles. The number of hydrogen-bond acceptors (Lipinski definition) is 3. The SMILES string of the molecule is C=CCOCC(=C)C(=O)OCC(F)F. The maximum atomic E-state index is 11.6. The molecule has 0 aromatic carbocycles. The van der Waals surface area contributed by atoms with Gasteiger partial charge in [0.2, 0.25) is 0 Å². The summed E-state index contributed by atoms with van der Waals surface area (Å²) in [6, 6.07) is 0. The Labute approximate surface area is 81.0 Å². The highest BCUT2D eigenvalue weighted by Gasteiger charge is 2.11. The van der Waals surface area contributed by atoms with Crippen LogP contribution >= 0.6 is 0 Å². The number of rotatable bonds is 7. The highest BCUT2D eigenvalue weighted by Crippen LogP contribution is 1.99. The first-order valence-electron chi connectivity index (χ1n) is 3.89. The van der Waals surface area contributed by atoms with E-state index < -0.39 is 19.0 Å². The van der Waals surface area contributed by atoms with E-state index in [0.29, 0.717) is 0 Å². The van der Waals surface area contributed by atoms with Crippen LogP contribution in [0, 0.1) is 0 Å². The zero-order chi connectivity index (χ0) is 11.0. The first-order valence-corrected chi connectivity index (χ1v) is 3.89. The minimum atomic E-state index is -2.67. The number of esters is 1. The maximum absolute atomic E-state index is 11.6. The van der Waals surface area contributed by atoms with Crippen LogP contribution < -0.4 is 0 Å². The van der Waals surface area contributed by atoms with Gasteiger partial charge in [0.1, 0.15) is 0 Å². The van der Waals surface area contributed by atoms with Crippen molar-refractivity contribution in [2.75, 3.05) is 19.8 Å². The summed E-state index contributed by atoms with van der Waals surface area (Å²) in [6.07, 6.45) is -1.17. The zero-order valence-electron chi connectivity index (χ0n) is 7.67. The summed E-state index contributed by atoms with van der Waals surface area (Å²) in [6.45, 7) is 6.02. The molecule has 14 heavy (non-hydrogen) atoms. The van der Waals surface area contributed by atoms with E-state index in [1.165, 1.54) is 6.08 Å². The Morgan fingerprint density at radius 3 is 2.64 bits per heavy atom. The second-order valence-corrected chi connectivity index (χ2v) is 2.40. The van der Waals surface area contributed by atoms with Gasteiger partial charge in [-0.15, -0.1) is 6.58 Å². The highest BCUT2D eigenvalue weighted by atomic mass is 19.3. The molecule has 0 aromatic rings. The molecule has 80 valence electrons. The van der Waals surface area contributed by atoms with E-state index in [4.69, 9.17) is 4.74 Å². The number of halogens is 2. The Morgan fingerprint density at radius 2 is 2.14 bits per heavy atom. The van der Waals surface area contributed by atoms with Crippen LogP contribution in [0.4, 0.5) is 8.78 Å². The molecule has 0 N–H and O–H groups in total. The molecule has 0 amide bonds. The lowest BCUT2D eigenvalue weighted by Gasteiger charge is -2.06. The van der Waals surface area contributed by atoms with E-state index in [9.17, 15) is 13.6 Å². The third kappa shape index (κ3) is 6.30. The van der Waals surface area contributed by atoms with Gasteiger partial charge in [-0.25, -0.2) is 13.6 Å². The van der Waals surface area contributed by atoms with Gasteiger partial charge in [0.15, 0.2) is 6.61 Å². The van der Waals surface area contributed by atoms with Crippen LogP contribution in [0.25, 0.3) is 0 Å². The van der Waals surface area contributed by atoms with Gasteiger partial charge in [-0.1, -0.05) is 12.7 Å². The number of alkyl halides is 2. The highest BCUT2D eigenvalue weighted by molar-refractivity contribution is 5.87. The van der Waals surface area contributed by atoms with Crippen molar-refractivity contribution in [3.8, 4) is 0 Å². The lowest BCUT2D eigenvalue weighted by molar-refractivity contribution is -0.143. The molecule has 0 aliphatic carbocycles. The van der Waals surface area contributed by atoms with Gasteiger partial charge in [0.25, 0.3) is 6.43 Å². The minimum Gasteiger partial charge on any atom is -0.456 e. The summed E-state index contributed by atoms with van der Waals surface area (Å²) in [5, 5.41) is 0. The fourth-order valence-corrected chi connectivity index (χ4v) is 0.565. The predicted molar refractivity (Wildman–Crippen MR) is 47.1 cm³/mol. The van der Waals surface area contributed by atoms with Crippen LogP contribution in [-0.2, 0) is 14.3 Å². The van der Waals surface area contributed by atoms with Gasteiger partial charge in [-0.3, -0.25) is 0 Å². The van der Waals surface area contributed by atoms with Crippen molar-refractivity contribution in [3.63, 3.8) is 0 Å². The normalized spacial score (nSPS) is 9.93. The standard InChI is InChI=1S/C9H12F2O3/c1-3-4-13-5-7(2)9(12)14-6-8(10)11/h3,8H,1-2,4-6H2. The van der Waals surface area contributed by atoms with Crippen LogP contribution in [0.3, 0.4) is 0 Å². The second kappa shape index (κ2) is 7.20. The Kier molecular flexibility index (Phi) is 6.57. The third-order valence-electron chi connectivity index (χ3n) is 1.14. The summed E-state index contributed by atoms with van der Waals surface area (Å²) in [7, 11) is 0. The molecule has 0 fully saturated rings. The molecule has 0 aliphatic heterocycles. The molecule has 0 bridgehead atoms. The molecule has 0 spiro atoms. The number of carbonyl (C=O) groups is 1. The molecule has 0 rings (SSSR count). The fourth-order valence-electron chi connectivity index (χ4n) is 0.565. The molecule has 3 nitrogen and oxygen atoms in total. The molecular formula is C9H12F2O3. The van der Waals surface area contributed by atoms with E-state index in [1.807, 2.05) is 0 Å². The van der Waals surface area contributed by atoms with Crippen molar-refractivity contribution in [1.82, 2.24) is 0 Å². The summed E-state index contributed by atoms with van der Waals surface area (Å²) < 4.78 is 32.3. The van der Waals surface area contributed by atoms with Crippen molar-refractivity contribution in [3.05, 3.63) is 24.8 Å². The van der Waals surface area contributed by atoms with Crippen molar-refractivity contribution < 1.29 is 23.0 Å².